The lowest BCUT2D eigenvalue weighted by atomic mass is 9.98. The highest BCUT2D eigenvalue weighted by Crippen LogP contribution is 2.39. The summed E-state index contributed by atoms with van der Waals surface area (Å²) in [4.78, 5) is 13.3. The van der Waals surface area contributed by atoms with E-state index in [0.29, 0.717) is 0 Å². The monoisotopic (exact) mass is 261 g/mol. The highest BCUT2D eigenvalue weighted by Gasteiger charge is 2.35. The van der Waals surface area contributed by atoms with Crippen LogP contribution in [0.25, 0.3) is 0 Å². The van der Waals surface area contributed by atoms with Crippen LogP contribution in [0, 0.1) is 6.92 Å². The number of fused-ring (bicyclic) bond motifs is 1. The van der Waals surface area contributed by atoms with Gasteiger partial charge in [-0.25, -0.2) is 0 Å². The standard InChI is InChI=1S/C16H23NO2/c1-11-5-6-12-7-8-14(13(12)9-11)17(10-15(18)19)16(2,3)4/h5-6,9,14H,7-8,10H2,1-4H3,(H,18,19). The molecule has 1 aliphatic carbocycles. The first-order valence-corrected chi connectivity index (χ1v) is 6.87. The second-order valence-electron chi connectivity index (χ2n) is 6.45. The Labute approximate surface area is 115 Å². The normalized spacial score (nSPS) is 18.7. The van der Waals surface area contributed by atoms with Crippen molar-refractivity contribution in [2.45, 2.75) is 52.1 Å². The molecular formula is C16H23NO2. The summed E-state index contributed by atoms with van der Waals surface area (Å²) in [6.07, 6.45) is 2.07. The van der Waals surface area contributed by atoms with Gasteiger partial charge in [-0.3, -0.25) is 9.69 Å². The van der Waals surface area contributed by atoms with Crippen LogP contribution < -0.4 is 0 Å². The minimum atomic E-state index is -0.754. The molecule has 0 saturated heterocycles. The molecule has 0 aliphatic heterocycles. The van der Waals surface area contributed by atoms with Gasteiger partial charge in [0.1, 0.15) is 0 Å². The lowest BCUT2D eigenvalue weighted by molar-refractivity contribution is -0.140. The number of carboxylic acid groups (broad SMARTS) is 1. The molecule has 1 aliphatic rings. The van der Waals surface area contributed by atoms with Crippen LogP contribution in [0.1, 0.15) is 49.9 Å². The molecule has 1 aromatic rings. The Morgan fingerprint density at radius 3 is 2.68 bits per heavy atom. The Morgan fingerprint density at radius 2 is 2.11 bits per heavy atom. The molecule has 2 rings (SSSR count). The van der Waals surface area contributed by atoms with Gasteiger partial charge in [-0.05, 0) is 51.7 Å². The van der Waals surface area contributed by atoms with Crippen LogP contribution >= 0.6 is 0 Å². The molecule has 1 aromatic carbocycles. The van der Waals surface area contributed by atoms with Crippen LogP contribution in [0.3, 0.4) is 0 Å². The highest BCUT2D eigenvalue weighted by molar-refractivity contribution is 5.69. The average Bonchev–Trinajstić information content (AvgIpc) is 2.66. The predicted molar refractivity (Wildman–Crippen MR) is 76.3 cm³/mol. The SMILES string of the molecule is Cc1ccc2c(c1)C(N(CC(=O)O)C(C)(C)C)CC2. The first-order valence-electron chi connectivity index (χ1n) is 6.87. The molecule has 0 spiro atoms. The Kier molecular flexibility index (Phi) is 3.68. The van der Waals surface area contributed by atoms with Crippen molar-refractivity contribution < 1.29 is 9.90 Å². The Balaban J connectivity index is 2.36. The fraction of sp³-hybridized carbons (Fsp3) is 0.562. The predicted octanol–water partition coefficient (Wildman–Crippen LogP) is 3.17. The van der Waals surface area contributed by atoms with Gasteiger partial charge in [-0.2, -0.15) is 0 Å². The molecule has 1 unspecified atom stereocenters. The number of carbonyl (C=O) groups is 1. The number of hydrogen-bond donors (Lipinski definition) is 1. The second kappa shape index (κ2) is 4.97. The Bertz CT molecular complexity index is 488. The lowest BCUT2D eigenvalue weighted by Crippen LogP contribution is -2.46. The number of rotatable bonds is 3. The summed E-state index contributed by atoms with van der Waals surface area (Å²) in [6, 6.07) is 6.77. The van der Waals surface area contributed by atoms with Crippen molar-refractivity contribution in [2.75, 3.05) is 6.54 Å². The third-order valence-electron chi connectivity index (χ3n) is 3.89. The smallest absolute Gasteiger partial charge is 0.317 e. The maximum Gasteiger partial charge on any atom is 0.317 e. The molecule has 0 saturated carbocycles. The number of aliphatic carboxylic acids is 1. The molecule has 3 nitrogen and oxygen atoms in total. The van der Waals surface area contributed by atoms with Gasteiger partial charge < -0.3 is 5.11 Å². The molecule has 0 heterocycles. The van der Waals surface area contributed by atoms with Crippen molar-refractivity contribution in [3.8, 4) is 0 Å². The molecule has 104 valence electrons. The van der Waals surface area contributed by atoms with E-state index < -0.39 is 5.97 Å². The van der Waals surface area contributed by atoms with E-state index in [2.05, 4.69) is 50.8 Å². The lowest BCUT2D eigenvalue weighted by Gasteiger charge is -2.39. The van der Waals surface area contributed by atoms with Gasteiger partial charge in [-0.1, -0.05) is 23.8 Å². The Hall–Kier alpha value is -1.35. The van der Waals surface area contributed by atoms with Crippen molar-refractivity contribution >= 4 is 5.97 Å². The van der Waals surface area contributed by atoms with Crippen LogP contribution in [0.2, 0.25) is 0 Å². The molecule has 0 amide bonds. The summed E-state index contributed by atoms with van der Waals surface area (Å²) in [5.41, 5.74) is 3.79. The van der Waals surface area contributed by atoms with Gasteiger partial charge in [0, 0.05) is 11.6 Å². The largest absolute Gasteiger partial charge is 0.480 e. The molecule has 0 aromatic heterocycles. The first-order chi connectivity index (χ1) is 8.79. The average molecular weight is 261 g/mol. The van der Waals surface area contributed by atoms with Crippen LogP contribution in [0.5, 0.6) is 0 Å². The summed E-state index contributed by atoms with van der Waals surface area (Å²) < 4.78 is 0. The minimum Gasteiger partial charge on any atom is -0.480 e. The minimum absolute atomic E-state index is 0.0988. The molecule has 0 fully saturated rings. The van der Waals surface area contributed by atoms with Crippen LogP contribution in [0.4, 0.5) is 0 Å². The maximum atomic E-state index is 11.2. The summed E-state index contributed by atoms with van der Waals surface area (Å²) >= 11 is 0. The van der Waals surface area contributed by atoms with E-state index in [1.54, 1.807) is 0 Å². The van der Waals surface area contributed by atoms with E-state index in [4.69, 9.17) is 5.11 Å². The van der Waals surface area contributed by atoms with E-state index in [0.717, 1.165) is 12.8 Å². The molecule has 0 radical (unpaired) electrons. The van der Waals surface area contributed by atoms with E-state index in [9.17, 15) is 4.79 Å². The van der Waals surface area contributed by atoms with Crippen LogP contribution in [-0.2, 0) is 11.2 Å². The summed E-state index contributed by atoms with van der Waals surface area (Å²) in [5.74, 6) is -0.754. The highest BCUT2D eigenvalue weighted by atomic mass is 16.4. The van der Waals surface area contributed by atoms with Crippen molar-refractivity contribution in [3.05, 3.63) is 34.9 Å². The molecule has 0 bridgehead atoms. The van der Waals surface area contributed by atoms with E-state index in [1.165, 1.54) is 16.7 Å². The van der Waals surface area contributed by atoms with Gasteiger partial charge in [0.2, 0.25) is 0 Å². The number of aryl methyl sites for hydroxylation is 2. The fourth-order valence-electron chi connectivity index (χ4n) is 2.98. The third kappa shape index (κ3) is 2.98. The van der Waals surface area contributed by atoms with Gasteiger partial charge in [0.25, 0.3) is 0 Å². The molecule has 1 atom stereocenters. The quantitative estimate of drug-likeness (QED) is 0.908. The molecular weight excluding hydrogens is 238 g/mol. The van der Waals surface area contributed by atoms with Crippen molar-refractivity contribution in [1.82, 2.24) is 4.90 Å². The van der Waals surface area contributed by atoms with Gasteiger partial charge in [0.05, 0.1) is 6.54 Å². The zero-order valence-electron chi connectivity index (χ0n) is 12.2. The summed E-state index contributed by atoms with van der Waals surface area (Å²) in [7, 11) is 0. The summed E-state index contributed by atoms with van der Waals surface area (Å²) in [6.45, 7) is 8.45. The van der Waals surface area contributed by atoms with Crippen LogP contribution in [0.15, 0.2) is 18.2 Å². The molecule has 19 heavy (non-hydrogen) atoms. The van der Waals surface area contributed by atoms with Crippen molar-refractivity contribution in [2.24, 2.45) is 0 Å². The first kappa shape index (κ1) is 14.1. The van der Waals surface area contributed by atoms with E-state index >= 15 is 0 Å². The number of nitrogens with zero attached hydrogens (tertiary/aromatic N) is 1. The van der Waals surface area contributed by atoms with Crippen LogP contribution in [-0.4, -0.2) is 28.1 Å². The van der Waals surface area contributed by atoms with Gasteiger partial charge >= 0.3 is 5.97 Å². The van der Waals surface area contributed by atoms with E-state index in [-0.39, 0.29) is 18.1 Å². The fourth-order valence-corrected chi connectivity index (χ4v) is 2.98. The van der Waals surface area contributed by atoms with Gasteiger partial charge in [-0.15, -0.1) is 0 Å². The summed E-state index contributed by atoms with van der Waals surface area (Å²) in [5, 5.41) is 9.17. The zero-order chi connectivity index (χ0) is 14.2. The van der Waals surface area contributed by atoms with Gasteiger partial charge in [0.15, 0.2) is 0 Å². The second-order valence-corrected chi connectivity index (χ2v) is 6.45. The number of benzene rings is 1. The Morgan fingerprint density at radius 1 is 1.42 bits per heavy atom. The van der Waals surface area contributed by atoms with Crippen molar-refractivity contribution in [1.29, 1.82) is 0 Å². The topological polar surface area (TPSA) is 40.5 Å². The maximum absolute atomic E-state index is 11.2. The number of carboxylic acids is 1. The third-order valence-corrected chi connectivity index (χ3v) is 3.89. The zero-order valence-corrected chi connectivity index (χ0v) is 12.2. The number of hydrogen-bond acceptors (Lipinski definition) is 2. The van der Waals surface area contributed by atoms with Crippen molar-refractivity contribution in [3.63, 3.8) is 0 Å². The molecule has 1 N–H and O–H groups in total. The van der Waals surface area contributed by atoms with E-state index in [1.807, 2.05) is 0 Å². The molecule has 3 heteroatoms.